The molecule has 1 fully saturated rings. The highest BCUT2D eigenvalue weighted by Crippen LogP contribution is 2.27. The van der Waals surface area contributed by atoms with E-state index >= 15 is 0 Å². The zero-order chi connectivity index (χ0) is 25.9. The van der Waals surface area contributed by atoms with Crippen molar-refractivity contribution in [2.45, 2.75) is 82.8 Å². The highest BCUT2D eigenvalue weighted by molar-refractivity contribution is 5.91. The van der Waals surface area contributed by atoms with Crippen LogP contribution in [0.25, 0.3) is 0 Å². The van der Waals surface area contributed by atoms with Crippen molar-refractivity contribution in [3.63, 3.8) is 0 Å². The molecule has 1 aliphatic heterocycles. The standard InChI is InChI=1S/C25H36F3N3O4/c1-3-4-5-6-7-8-9-19-10-12-20(13-11-19)29-23(34)30-24(14-16-31(2)17-15-24)18-21(32)35-22(33)25(26,27)28/h10-13H,3-9,14-18H2,1-2H3,(H2,29,30,34). The first-order chi connectivity index (χ1) is 16.5. The van der Waals surface area contributed by atoms with Crippen LogP contribution in [0.1, 0.15) is 70.3 Å². The maximum Gasteiger partial charge on any atom is 0.491 e. The maximum absolute atomic E-state index is 12.7. The Labute approximate surface area is 204 Å². The van der Waals surface area contributed by atoms with Crippen LogP contribution in [0.15, 0.2) is 24.3 Å². The second-order valence-electron chi connectivity index (χ2n) is 9.31. The molecule has 0 radical (unpaired) electrons. The molecule has 7 nitrogen and oxygen atoms in total. The Morgan fingerprint density at radius 1 is 1.00 bits per heavy atom. The van der Waals surface area contributed by atoms with Crippen LogP contribution >= 0.6 is 0 Å². The molecule has 0 bridgehead atoms. The number of unbranched alkanes of at least 4 members (excludes halogenated alkanes) is 5. The van der Waals surface area contributed by atoms with Gasteiger partial charge in [0, 0.05) is 18.8 Å². The Morgan fingerprint density at radius 3 is 2.20 bits per heavy atom. The van der Waals surface area contributed by atoms with Crippen molar-refractivity contribution in [2.24, 2.45) is 0 Å². The lowest BCUT2D eigenvalue weighted by Crippen LogP contribution is -2.57. The van der Waals surface area contributed by atoms with Gasteiger partial charge in [-0.15, -0.1) is 0 Å². The minimum Gasteiger partial charge on any atom is -0.386 e. The van der Waals surface area contributed by atoms with Crippen LogP contribution in [0.2, 0.25) is 0 Å². The molecule has 35 heavy (non-hydrogen) atoms. The number of hydrogen-bond acceptors (Lipinski definition) is 5. The lowest BCUT2D eigenvalue weighted by molar-refractivity contribution is -0.202. The summed E-state index contributed by atoms with van der Waals surface area (Å²) in [7, 11) is 1.86. The number of halogens is 3. The van der Waals surface area contributed by atoms with Gasteiger partial charge in [-0.1, -0.05) is 51.2 Å². The summed E-state index contributed by atoms with van der Waals surface area (Å²) in [6.45, 7) is 3.24. The van der Waals surface area contributed by atoms with Gasteiger partial charge in [0.1, 0.15) is 0 Å². The van der Waals surface area contributed by atoms with Gasteiger partial charge in [-0.25, -0.2) is 9.59 Å². The third-order valence-electron chi connectivity index (χ3n) is 6.27. The van der Waals surface area contributed by atoms with Crippen molar-refractivity contribution >= 4 is 23.7 Å². The molecular formula is C25H36F3N3O4. The lowest BCUT2D eigenvalue weighted by atomic mass is 9.84. The van der Waals surface area contributed by atoms with E-state index in [1.165, 1.54) is 37.7 Å². The van der Waals surface area contributed by atoms with Crippen molar-refractivity contribution in [1.82, 2.24) is 10.2 Å². The second kappa shape index (κ2) is 13.5. The molecule has 1 saturated heterocycles. The zero-order valence-corrected chi connectivity index (χ0v) is 20.5. The normalized spacial score (nSPS) is 15.9. The molecule has 1 aromatic carbocycles. The fraction of sp³-hybridized carbons (Fsp3) is 0.640. The Kier molecular flexibility index (Phi) is 11.0. The van der Waals surface area contributed by atoms with Gasteiger partial charge in [0.15, 0.2) is 0 Å². The number of piperidine rings is 1. The van der Waals surface area contributed by atoms with Crippen molar-refractivity contribution in [3.8, 4) is 0 Å². The molecule has 1 aliphatic rings. The molecule has 2 rings (SSSR count). The minimum absolute atomic E-state index is 0.323. The molecular weight excluding hydrogens is 463 g/mol. The van der Waals surface area contributed by atoms with Gasteiger partial charge in [0.05, 0.1) is 12.0 Å². The van der Waals surface area contributed by atoms with Gasteiger partial charge in [0.2, 0.25) is 0 Å². The summed E-state index contributed by atoms with van der Waals surface area (Å²) < 4.78 is 41.3. The van der Waals surface area contributed by atoms with Gasteiger partial charge in [-0.3, -0.25) is 4.79 Å². The third kappa shape index (κ3) is 10.3. The van der Waals surface area contributed by atoms with Crippen LogP contribution in [0.5, 0.6) is 0 Å². The minimum atomic E-state index is -5.26. The first-order valence-corrected chi connectivity index (χ1v) is 12.2. The van der Waals surface area contributed by atoms with E-state index in [-0.39, 0.29) is 0 Å². The number of amides is 2. The smallest absolute Gasteiger partial charge is 0.386 e. The molecule has 0 saturated carbocycles. The number of likely N-dealkylation sites (tertiary alicyclic amines) is 1. The molecule has 2 N–H and O–H groups in total. The number of rotatable bonds is 11. The van der Waals surface area contributed by atoms with E-state index < -0.39 is 36.1 Å². The average molecular weight is 500 g/mol. The SMILES string of the molecule is CCCCCCCCc1ccc(NC(=O)NC2(CC(=O)OC(=O)C(F)(F)F)CCN(C)CC2)cc1. The molecule has 1 aromatic rings. The van der Waals surface area contributed by atoms with Crippen LogP contribution < -0.4 is 10.6 Å². The van der Waals surface area contributed by atoms with E-state index in [4.69, 9.17) is 0 Å². The van der Waals surface area contributed by atoms with E-state index in [1.807, 2.05) is 24.1 Å². The zero-order valence-electron chi connectivity index (χ0n) is 20.5. The Bertz CT molecular complexity index is 835. The summed E-state index contributed by atoms with van der Waals surface area (Å²) >= 11 is 0. The molecule has 0 spiro atoms. The summed E-state index contributed by atoms with van der Waals surface area (Å²) in [6.07, 6.45) is 3.12. The number of benzene rings is 1. The molecule has 10 heteroatoms. The monoisotopic (exact) mass is 499 g/mol. The number of esters is 2. The number of nitrogens with one attached hydrogen (secondary N) is 2. The molecule has 0 atom stereocenters. The summed E-state index contributed by atoms with van der Waals surface area (Å²) in [4.78, 5) is 37.7. The highest BCUT2D eigenvalue weighted by atomic mass is 19.4. The molecule has 196 valence electrons. The van der Waals surface area contributed by atoms with Gasteiger partial charge < -0.3 is 20.3 Å². The number of hydrogen-bond donors (Lipinski definition) is 2. The van der Waals surface area contributed by atoms with Crippen LogP contribution in [0.4, 0.5) is 23.7 Å². The number of ether oxygens (including phenoxy) is 1. The van der Waals surface area contributed by atoms with E-state index in [9.17, 15) is 27.6 Å². The van der Waals surface area contributed by atoms with Crippen molar-refractivity contribution in [3.05, 3.63) is 29.8 Å². The van der Waals surface area contributed by atoms with Gasteiger partial charge in [-0.2, -0.15) is 13.2 Å². The van der Waals surface area contributed by atoms with Gasteiger partial charge in [-0.05, 0) is 50.4 Å². The second-order valence-corrected chi connectivity index (χ2v) is 9.31. The predicted octanol–water partition coefficient (Wildman–Crippen LogP) is 5.20. The number of urea groups is 1. The van der Waals surface area contributed by atoms with Crippen LogP contribution in [-0.2, 0) is 20.7 Å². The Hall–Kier alpha value is -2.62. The third-order valence-corrected chi connectivity index (χ3v) is 6.27. The molecule has 1 heterocycles. The van der Waals surface area contributed by atoms with Crippen LogP contribution in [-0.4, -0.2) is 54.7 Å². The van der Waals surface area contributed by atoms with E-state index in [0.717, 1.165) is 12.8 Å². The van der Waals surface area contributed by atoms with Gasteiger partial charge in [0.25, 0.3) is 0 Å². The number of carbonyl (C=O) groups is 3. The fourth-order valence-electron chi connectivity index (χ4n) is 4.13. The maximum atomic E-state index is 12.7. The van der Waals surface area contributed by atoms with Crippen molar-refractivity contribution < 1.29 is 32.3 Å². The summed E-state index contributed by atoms with van der Waals surface area (Å²) in [5, 5.41) is 5.47. The molecule has 0 unspecified atom stereocenters. The van der Waals surface area contributed by atoms with Crippen LogP contribution in [0, 0.1) is 0 Å². The lowest BCUT2D eigenvalue weighted by Gasteiger charge is -2.40. The Morgan fingerprint density at radius 2 is 1.60 bits per heavy atom. The predicted molar refractivity (Wildman–Crippen MR) is 127 cm³/mol. The van der Waals surface area contributed by atoms with Crippen molar-refractivity contribution in [2.75, 3.05) is 25.5 Å². The van der Waals surface area contributed by atoms with Gasteiger partial charge >= 0.3 is 24.1 Å². The fourth-order valence-corrected chi connectivity index (χ4v) is 4.13. The number of carbonyl (C=O) groups excluding carboxylic acids is 3. The number of alkyl halides is 3. The first-order valence-electron chi connectivity index (χ1n) is 12.2. The summed E-state index contributed by atoms with van der Waals surface area (Å²) in [5.74, 6) is -3.88. The van der Waals surface area contributed by atoms with E-state index in [2.05, 4.69) is 22.3 Å². The first kappa shape index (κ1) is 28.6. The Balaban J connectivity index is 1.90. The molecule has 0 aromatic heterocycles. The number of aryl methyl sites for hydroxylation is 1. The van der Waals surface area contributed by atoms with E-state index in [1.54, 1.807) is 12.1 Å². The number of anilines is 1. The summed E-state index contributed by atoms with van der Waals surface area (Å²) in [5.41, 5.74) is 0.625. The highest BCUT2D eigenvalue weighted by Gasteiger charge is 2.44. The average Bonchev–Trinajstić information content (AvgIpc) is 2.78. The van der Waals surface area contributed by atoms with Crippen LogP contribution in [0.3, 0.4) is 0 Å². The quantitative estimate of drug-likeness (QED) is 0.248. The van der Waals surface area contributed by atoms with E-state index in [0.29, 0.717) is 31.6 Å². The molecule has 2 amide bonds. The number of nitrogens with zero attached hydrogens (tertiary/aromatic N) is 1. The van der Waals surface area contributed by atoms with Crippen molar-refractivity contribution in [1.29, 1.82) is 0 Å². The summed E-state index contributed by atoms with van der Waals surface area (Å²) in [6, 6.07) is 6.92. The molecule has 0 aliphatic carbocycles. The largest absolute Gasteiger partial charge is 0.491 e. The topological polar surface area (TPSA) is 87.7 Å².